The lowest BCUT2D eigenvalue weighted by molar-refractivity contribution is 0.186. The van der Waals surface area contributed by atoms with Gasteiger partial charge in [-0.05, 0) is 93.1 Å². The summed E-state index contributed by atoms with van der Waals surface area (Å²) in [5.41, 5.74) is 6.78. The molecule has 0 saturated carbocycles. The number of benzene rings is 2. The van der Waals surface area contributed by atoms with E-state index < -0.39 is 0 Å². The number of thiocarbonyl (C=S) groups is 1. The van der Waals surface area contributed by atoms with E-state index in [9.17, 15) is 0 Å². The Hall–Kier alpha value is -3.68. The molecule has 1 aliphatic rings. The van der Waals surface area contributed by atoms with Crippen molar-refractivity contribution in [2.24, 2.45) is 0 Å². The second-order valence-electron chi connectivity index (χ2n) is 9.38. The van der Waals surface area contributed by atoms with Gasteiger partial charge in [-0.3, -0.25) is 4.98 Å². The predicted molar refractivity (Wildman–Crippen MR) is 151 cm³/mol. The highest BCUT2D eigenvalue weighted by atomic mass is 32.1. The molecule has 37 heavy (non-hydrogen) atoms. The van der Waals surface area contributed by atoms with E-state index in [1.54, 1.807) is 7.11 Å². The fraction of sp³-hybridized carbons (Fsp3) is 0.267. The van der Waals surface area contributed by atoms with E-state index in [0.717, 1.165) is 29.4 Å². The molecule has 4 aromatic rings. The highest BCUT2D eigenvalue weighted by Crippen LogP contribution is 2.43. The lowest BCUT2D eigenvalue weighted by Gasteiger charge is -2.28. The number of aryl methyl sites for hydroxylation is 2. The molecule has 3 heterocycles. The van der Waals surface area contributed by atoms with Crippen LogP contribution in [0.3, 0.4) is 0 Å². The number of anilines is 1. The average Bonchev–Trinajstić information content (AvgIpc) is 3.40. The van der Waals surface area contributed by atoms with Gasteiger partial charge in [0.25, 0.3) is 0 Å². The molecule has 0 spiro atoms. The first-order chi connectivity index (χ1) is 18.0. The van der Waals surface area contributed by atoms with Crippen molar-refractivity contribution in [1.82, 2.24) is 14.9 Å². The molecular weight excluding hydrogens is 480 g/mol. The molecule has 0 amide bonds. The van der Waals surface area contributed by atoms with Gasteiger partial charge in [0.1, 0.15) is 11.5 Å². The highest BCUT2D eigenvalue weighted by molar-refractivity contribution is 7.80. The van der Waals surface area contributed by atoms with Crippen molar-refractivity contribution in [2.45, 2.75) is 39.4 Å². The number of ether oxygens (including phenoxy) is 2. The SMILES string of the molecule is COCCn1c(C)cc([C@@H]2[C@@H](c3ccccn3)NC(=S)N2c2ccc(Oc3ccc(C)cc3)cc2)c1C. The maximum absolute atomic E-state index is 6.06. The van der Waals surface area contributed by atoms with Crippen molar-refractivity contribution in [1.29, 1.82) is 0 Å². The van der Waals surface area contributed by atoms with E-state index in [0.29, 0.717) is 11.7 Å². The lowest BCUT2D eigenvalue weighted by atomic mass is 9.96. The molecule has 1 aliphatic heterocycles. The molecule has 2 atom stereocenters. The van der Waals surface area contributed by atoms with Crippen LogP contribution in [0.1, 0.15) is 40.3 Å². The van der Waals surface area contributed by atoms with Crippen LogP contribution in [-0.4, -0.2) is 28.4 Å². The Morgan fingerprint density at radius 2 is 1.65 bits per heavy atom. The summed E-state index contributed by atoms with van der Waals surface area (Å²) in [6.07, 6.45) is 1.83. The van der Waals surface area contributed by atoms with Gasteiger partial charge in [-0.25, -0.2) is 0 Å². The number of nitrogens with one attached hydrogen (secondary N) is 1. The number of nitrogens with zero attached hydrogens (tertiary/aromatic N) is 3. The lowest BCUT2D eigenvalue weighted by Crippen LogP contribution is -2.29. The molecule has 0 unspecified atom stereocenters. The van der Waals surface area contributed by atoms with Crippen LogP contribution in [0.4, 0.5) is 5.69 Å². The second kappa shape index (κ2) is 10.7. The van der Waals surface area contributed by atoms with Crippen molar-refractivity contribution in [2.75, 3.05) is 18.6 Å². The quantitative estimate of drug-likeness (QED) is 0.275. The Labute approximate surface area is 223 Å². The van der Waals surface area contributed by atoms with E-state index in [1.165, 1.54) is 22.5 Å². The van der Waals surface area contributed by atoms with Gasteiger partial charge in [0.15, 0.2) is 5.11 Å². The third-order valence-corrected chi connectivity index (χ3v) is 7.23. The fourth-order valence-corrected chi connectivity index (χ4v) is 5.37. The van der Waals surface area contributed by atoms with Crippen LogP contribution in [0.2, 0.25) is 0 Å². The third kappa shape index (κ3) is 5.10. The van der Waals surface area contributed by atoms with Crippen LogP contribution in [0.15, 0.2) is 79.0 Å². The summed E-state index contributed by atoms with van der Waals surface area (Å²) in [4.78, 5) is 6.88. The Balaban J connectivity index is 1.51. The van der Waals surface area contributed by atoms with E-state index >= 15 is 0 Å². The molecule has 2 aromatic heterocycles. The van der Waals surface area contributed by atoms with Crippen molar-refractivity contribution < 1.29 is 9.47 Å². The number of pyridine rings is 1. The molecule has 6 nitrogen and oxygen atoms in total. The largest absolute Gasteiger partial charge is 0.457 e. The smallest absolute Gasteiger partial charge is 0.174 e. The van der Waals surface area contributed by atoms with Crippen LogP contribution in [-0.2, 0) is 11.3 Å². The maximum atomic E-state index is 6.06. The Morgan fingerprint density at radius 1 is 0.946 bits per heavy atom. The summed E-state index contributed by atoms with van der Waals surface area (Å²) in [7, 11) is 1.74. The summed E-state index contributed by atoms with van der Waals surface area (Å²) in [5.74, 6) is 1.59. The Kier molecular flexibility index (Phi) is 7.26. The van der Waals surface area contributed by atoms with Crippen LogP contribution >= 0.6 is 12.2 Å². The number of rotatable bonds is 8. The van der Waals surface area contributed by atoms with Crippen LogP contribution in [0, 0.1) is 20.8 Å². The van der Waals surface area contributed by atoms with Crippen molar-refractivity contribution in [3.63, 3.8) is 0 Å². The predicted octanol–water partition coefficient (Wildman–Crippen LogP) is 6.42. The second-order valence-corrected chi connectivity index (χ2v) is 9.76. The van der Waals surface area contributed by atoms with Gasteiger partial charge in [0, 0.05) is 36.9 Å². The standard InChI is InChI=1S/C30H32N4O2S/c1-20-8-12-24(13-9-20)36-25-14-10-23(11-15-25)34-29(26-19-21(2)33(22(26)3)17-18-35-4)28(32-30(34)37)27-7-5-6-16-31-27/h5-16,19,28-29H,17-18H2,1-4H3,(H,32,37)/t28-,29-/m1/s1. The molecular formula is C30H32N4O2S. The fourth-order valence-electron chi connectivity index (χ4n) is 5.02. The van der Waals surface area contributed by atoms with Gasteiger partial charge in [-0.1, -0.05) is 23.8 Å². The first kappa shape index (κ1) is 25.0. The number of hydrogen-bond acceptors (Lipinski definition) is 4. The molecule has 0 aliphatic carbocycles. The number of methoxy groups -OCH3 is 1. The Bertz CT molecular complexity index is 1370. The molecule has 5 rings (SSSR count). The molecule has 7 heteroatoms. The van der Waals surface area contributed by atoms with Crippen LogP contribution < -0.4 is 15.0 Å². The molecule has 1 fully saturated rings. The minimum absolute atomic E-state index is 0.0613. The van der Waals surface area contributed by atoms with Gasteiger partial charge >= 0.3 is 0 Å². The normalized spacial score (nSPS) is 17.2. The molecule has 1 saturated heterocycles. The third-order valence-electron chi connectivity index (χ3n) is 6.92. The summed E-state index contributed by atoms with van der Waals surface area (Å²) in [6, 6.07) is 24.3. The first-order valence-electron chi connectivity index (χ1n) is 12.5. The van der Waals surface area contributed by atoms with Gasteiger partial charge in [0.2, 0.25) is 0 Å². The minimum Gasteiger partial charge on any atom is -0.457 e. The molecule has 1 N–H and O–H groups in total. The van der Waals surface area contributed by atoms with Gasteiger partial charge < -0.3 is 24.3 Å². The van der Waals surface area contributed by atoms with Crippen molar-refractivity contribution in [3.05, 3.63) is 107 Å². The first-order valence-corrected chi connectivity index (χ1v) is 12.9. The van der Waals surface area contributed by atoms with E-state index in [4.69, 9.17) is 21.7 Å². The monoisotopic (exact) mass is 512 g/mol. The van der Waals surface area contributed by atoms with E-state index in [2.05, 4.69) is 64.8 Å². The highest BCUT2D eigenvalue weighted by Gasteiger charge is 2.42. The Morgan fingerprint density at radius 3 is 2.30 bits per heavy atom. The summed E-state index contributed by atoms with van der Waals surface area (Å²) >= 11 is 5.91. The zero-order valence-electron chi connectivity index (χ0n) is 21.6. The van der Waals surface area contributed by atoms with Gasteiger partial charge in [-0.2, -0.15) is 0 Å². The van der Waals surface area contributed by atoms with E-state index in [-0.39, 0.29) is 12.1 Å². The molecule has 190 valence electrons. The van der Waals surface area contributed by atoms with E-state index in [1.807, 2.05) is 54.7 Å². The topological polar surface area (TPSA) is 51.5 Å². The van der Waals surface area contributed by atoms with Crippen LogP contribution in [0.5, 0.6) is 11.5 Å². The minimum atomic E-state index is -0.0893. The molecule has 0 radical (unpaired) electrons. The summed E-state index contributed by atoms with van der Waals surface area (Å²) < 4.78 is 13.7. The van der Waals surface area contributed by atoms with Crippen molar-refractivity contribution in [3.8, 4) is 11.5 Å². The summed E-state index contributed by atoms with van der Waals surface area (Å²) in [6.45, 7) is 7.84. The number of hydrogen-bond donors (Lipinski definition) is 1. The van der Waals surface area contributed by atoms with Crippen molar-refractivity contribution >= 4 is 23.0 Å². The molecule has 0 bridgehead atoms. The maximum Gasteiger partial charge on any atom is 0.174 e. The zero-order chi connectivity index (χ0) is 25.9. The zero-order valence-corrected chi connectivity index (χ0v) is 22.5. The van der Waals surface area contributed by atoms with Gasteiger partial charge in [0.05, 0.1) is 24.4 Å². The summed E-state index contributed by atoms with van der Waals surface area (Å²) in [5, 5.41) is 4.23. The average molecular weight is 513 g/mol. The van der Waals surface area contributed by atoms with Crippen LogP contribution in [0.25, 0.3) is 0 Å². The van der Waals surface area contributed by atoms with Gasteiger partial charge in [-0.15, -0.1) is 0 Å². The number of aromatic nitrogens is 2. The molecule has 2 aromatic carbocycles.